The van der Waals surface area contributed by atoms with Gasteiger partial charge in [-0.25, -0.2) is 4.98 Å². The fourth-order valence-electron chi connectivity index (χ4n) is 1.40. The summed E-state index contributed by atoms with van der Waals surface area (Å²) in [6.45, 7) is 11.9. The highest BCUT2D eigenvalue weighted by atomic mass is 16.5. The first-order valence-corrected chi connectivity index (χ1v) is 5.76. The zero-order valence-corrected chi connectivity index (χ0v) is 10.9. The average molecular weight is 222 g/mol. The summed E-state index contributed by atoms with van der Waals surface area (Å²) >= 11 is 0. The topological polar surface area (TPSA) is 34.1 Å². The highest BCUT2D eigenvalue weighted by Gasteiger charge is 2.09. The Kier molecular flexibility index (Phi) is 4.30. The van der Waals surface area contributed by atoms with Crippen molar-refractivity contribution in [2.24, 2.45) is 0 Å². The molecule has 3 nitrogen and oxygen atoms in total. The van der Waals surface area contributed by atoms with Gasteiger partial charge in [0.15, 0.2) is 0 Å². The fraction of sp³-hybridized carbons (Fsp3) is 0.615. The molecule has 16 heavy (non-hydrogen) atoms. The molecule has 0 aliphatic heterocycles. The van der Waals surface area contributed by atoms with Crippen LogP contribution in [0.2, 0.25) is 0 Å². The van der Waals surface area contributed by atoms with Gasteiger partial charge in [-0.15, -0.1) is 0 Å². The van der Waals surface area contributed by atoms with Crippen LogP contribution in [0.4, 0.5) is 0 Å². The second-order valence-electron chi connectivity index (χ2n) is 4.99. The summed E-state index contributed by atoms with van der Waals surface area (Å²) in [6, 6.07) is 4.08. The monoisotopic (exact) mass is 222 g/mol. The molecule has 0 unspecified atom stereocenters. The van der Waals surface area contributed by atoms with Gasteiger partial charge in [0.1, 0.15) is 0 Å². The molecule has 1 aromatic rings. The fourth-order valence-corrected chi connectivity index (χ4v) is 1.40. The van der Waals surface area contributed by atoms with Crippen LogP contribution in [-0.2, 0) is 6.54 Å². The van der Waals surface area contributed by atoms with Gasteiger partial charge in [-0.3, -0.25) is 0 Å². The lowest BCUT2D eigenvalue weighted by atomic mass is 10.1. The minimum absolute atomic E-state index is 0.128. The van der Waals surface area contributed by atoms with Gasteiger partial charge in [-0.05, 0) is 46.2 Å². The van der Waals surface area contributed by atoms with Crippen molar-refractivity contribution in [1.82, 2.24) is 10.3 Å². The van der Waals surface area contributed by atoms with Crippen LogP contribution in [-0.4, -0.2) is 17.1 Å². The van der Waals surface area contributed by atoms with Crippen LogP contribution in [0.3, 0.4) is 0 Å². The van der Waals surface area contributed by atoms with Crippen LogP contribution >= 0.6 is 0 Å². The Labute approximate surface area is 98.2 Å². The summed E-state index contributed by atoms with van der Waals surface area (Å²) in [5.41, 5.74) is 2.34. The number of hydrogen-bond donors (Lipinski definition) is 1. The predicted molar refractivity (Wildman–Crippen MR) is 66.7 cm³/mol. The number of nitrogens with zero attached hydrogens (tertiary/aromatic N) is 1. The van der Waals surface area contributed by atoms with Crippen LogP contribution in [0.1, 0.15) is 39.0 Å². The maximum atomic E-state index is 5.42. The van der Waals surface area contributed by atoms with E-state index in [4.69, 9.17) is 4.74 Å². The summed E-state index contributed by atoms with van der Waals surface area (Å²) < 4.78 is 5.42. The molecule has 0 radical (unpaired) electrons. The molecular weight excluding hydrogens is 200 g/mol. The number of hydrogen-bond acceptors (Lipinski definition) is 3. The number of ether oxygens (including phenoxy) is 1. The standard InChI is InChI=1S/C13H22N2O/c1-6-16-12-8-11(7-10(2)15-12)9-14-13(3,4)5/h7-8,14H,6,9H2,1-5H3. The third-order valence-corrected chi connectivity index (χ3v) is 2.10. The molecule has 0 aliphatic rings. The van der Waals surface area contributed by atoms with Gasteiger partial charge in [0.2, 0.25) is 5.88 Å². The highest BCUT2D eigenvalue weighted by Crippen LogP contribution is 2.13. The van der Waals surface area contributed by atoms with Crippen molar-refractivity contribution in [2.75, 3.05) is 6.61 Å². The molecular formula is C13H22N2O. The minimum atomic E-state index is 0.128. The number of pyridine rings is 1. The molecule has 1 aromatic heterocycles. The molecule has 1 rings (SSSR count). The lowest BCUT2D eigenvalue weighted by Gasteiger charge is -2.20. The van der Waals surface area contributed by atoms with Crippen LogP contribution in [0.5, 0.6) is 5.88 Å². The summed E-state index contributed by atoms with van der Waals surface area (Å²) in [7, 11) is 0. The summed E-state index contributed by atoms with van der Waals surface area (Å²) in [6.07, 6.45) is 0. The Bertz CT molecular complexity index is 342. The molecule has 0 saturated carbocycles. The van der Waals surface area contributed by atoms with Crippen molar-refractivity contribution in [3.8, 4) is 5.88 Å². The largest absolute Gasteiger partial charge is 0.478 e. The van der Waals surface area contributed by atoms with Crippen LogP contribution in [0, 0.1) is 6.92 Å². The van der Waals surface area contributed by atoms with E-state index < -0.39 is 0 Å². The molecule has 0 aromatic carbocycles. The maximum Gasteiger partial charge on any atom is 0.213 e. The molecule has 0 saturated heterocycles. The van der Waals surface area contributed by atoms with Crippen molar-refractivity contribution < 1.29 is 4.74 Å². The first-order valence-electron chi connectivity index (χ1n) is 5.76. The van der Waals surface area contributed by atoms with Gasteiger partial charge in [-0.2, -0.15) is 0 Å². The van der Waals surface area contributed by atoms with Gasteiger partial charge in [0.25, 0.3) is 0 Å². The maximum absolute atomic E-state index is 5.42. The zero-order chi connectivity index (χ0) is 12.2. The molecule has 0 atom stereocenters. The van der Waals surface area contributed by atoms with E-state index in [0.29, 0.717) is 12.5 Å². The molecule has 0 fully saturated rings. The van der Waals surface area contributed by atoms with Crippen LogP contribution in [0.25, 0.3) is 0 Å². The second-order valence-corrected chi connectivity index (χ2v) is 4.99. The first-order chi connectivity index (χ1) is 7.40. The van der Waals surface area contributed by atoms with Gasteiger partial charge in [-0.1, -0.05) is 0 Å². The lowest BCUT2D eigenvalue weighted by Crippen LogP contribution is -2.35. The van der Waals surface area contributed by atoms with E-state index in [-0.39, 0.29) is 5.54 Å². The number of aryl methyl sites for hydroxylation is 1. The molecule has 3 heteroatoms. The third-order valence-electron chi connectivity index (χ3n) is 2.10. The number of aromatic nitrogens is 1. The molecule has 0 spiro atoms. The van der Waals surface area contributed by atoms with Gasteiger partial charge >= 0.3 is 0 Å². The van der Waals surface area contributed by atoms with Crippen molar-refractivity contribution in [2.45, 2.75) is 46.7 Å². The second kappa shape index (κ2) is 5.30. The van der Waals surface area contributed by atoms with Crippen LogP contribution in [0.15, 0.2) is 12.1 Å². The van der Waals surface area contributed by atoms with Gasteiger partial charge < -0.3 is 10.1 Å². The molecule has 90 valence electrons. The first kappa shape index (κ1) is 13.0. The summed E-state index contributed by atoms with van der Waals surface area (Å²) in [5.74, 6) is 0.716. The summed E-state index contributed by atoms with van der Waals surface area (Å²) in [5, 5.41) is 3.45. The molecule has 1 heterocycles. The zero-order valence-electron chi connectivity index (χ0n) is 10.9. The van der Waals surface area contributed by atoms with E-state index in [9.17, 15) is 0 Å². The Morgan fingerprint density at radius 3 is 2.56 bits per heavy atom. The van der Waals surface area contributed by atoms with E-state index in [0.717, 1.165) is 12.2 Å². The van der Waals surface area contributed by atoms with Crippen molar-refractivity contribution in [3.05, 3.63) is 23.4 Å². The smallest absolute Gasteiger partial charge is 0.213 e. The quantitative estimate of drug-likeness (QED) is 0.850. The lowest BCUT2D eigenvalue weighted by molar-refractivity contribution is 0.325. The molecule has 0 bridgehead atoms. The average Bonchev–Trinajstić information content (AvgIpc) is 2.13. The Hall–Kier alpha value is -1.09. The van der Waals surface area contributed by atoms with E-state index in [1.807, 2.05) is 19.9 Å². The normalized spacial score (nSPS) is 11.6. The Balaban J connectivity index is 2.72. The highest BCUT2D eigenvalue weighted by molar-refractivity contribution is 5.24. The van der Waals surface area contributed by atoms with Crippen molar-refractivity contribution in [3.63, 3.8) is 0 Å². The number of nitrogens with one attached hydrogen (secondary N) is 1. The van der Waals surface area contributed by atoms with E-state index in [1.165, 1.54) is 5.56 Å². The third kappa shape index (κ3) is 4.62. The summed E-state index contributed by atoms with van der Waals surface area (Å²) in [4.78, 5) is 4.32. The van der Waals surface area contributed by atoms with Gasteiger partial charge in [0.05, 0.1) is 6.61 Å². The van der Waals surface area contributed by atoms with Crippen LogP contribution < -0.4 is 10.1 Å². The Morgan fingerprint density at radius 1 is 1.31 bits per heavy atom. The van der Waals surface area contributed by atoms with Crippen molar-refractivity contribution in [1.29, 1.82) is 0 Å². The molecule has 0 aliphatic carbocycles. The van der Waals surface area contributed by atoms with E-state index >= 15 is 0 Å². The minimum Gasteiger partial charge on any atom is -0.478 e. The predicted octanol–water partition coefficient (Wildman–Crippen LogP) is 2.68. The Morgan fingerprint density at radius 2 is 2.00 bits per heavy atom. The SMILES string of the molecule is CCOc1cc(CNC(C)(C)C)cc(C)n1. The van der Waals surface area contributed by atoms with E-state index in [2.05, 4.69) is 37.1 Å². The molecule has 1 N–H and O–H groups in total. The molecule has 0 amide bonds. The van der Waals surface area contributed by atoms with E-state index in [1.54, 1.807) is 0 Å². The number of rotatable bonds is 4. The van der Waals surface area contributed by atoms with Crippen molar-refractivity contribution >= 4 is 0 Å². The van der Waals surface area contributed by atoms with Gasteiger partial charge in [0, 0.05) is 23.8 Å².